The Hall–Kier alpha value is -4.37. The number of hydrogen-bond donors (Lipinski definition) is 1. The van der Waals surface area contributed by atoms with Crippen LogP contribution in [0.4, 0.5) is 11.4 Å². The molecule has 6 nitrogen and oxygen atoms in total. The number of fused-ring (bicyclic) bond motifs is 2. The molecule has 0 bridgehead atoms. The smallest absolute Gasteiger partial charge is 0.262 e. The predicted molar refractivity (Wildman–Crippen MR) is 132 cm³/mol. The molecule has 5 rings (SSSR count). The molecule has 3 aromatic rings. The number of nitrogens with two attached hydrogens (primary N) is 1. The van der Waals surface area contributed by atoms with Crippen LogP contribution in [0.1, 0.15) is 45.2 Å². The van der Waals surface area contributed by atoms with E-state index in [1.165, 1.54) is 5.56 Å². The average molecular weight is 452 g/mol. The summed E-state index contributed by atoms with van der Waals surface area (Å²) in [5.41, 5.74) is 10.3. The summed E-state index contributed by atoms with van der Waals surface area (Å²) in [5, 5.41) is 0. The number of para-hydroxylation sites is 1. The monoisotopic (exact) mass is 451 g/mol. The highest BCUT2D eigenvalue weighted by Gasteiger charge is 2.34. The van der Waals surface area contributed by atoms with Gasteiger partial charge in [-0.15, -0.1) is 0 Å². The zero-order valence-corrected chi connectivity index (χ0v) is 19.0. The number of aryl methyl sites for hydroxylation is 1. The van der Waals surface area contributed by atoms with Crippen molar-refractivity contribution in [1.29, 1.82) is 0 Å². The van der Waals surface area contributed by atoms with Crippen LogP contribution in [0, 0.1) is 11.8 Å². The van der Waals surface area contributed by atoms with Crippen LogP contribution in [0.3, 0.4) is 0 Å². The molecule has 3 aromatic carbocycles. The molecular formula is C28H25N3O3. The second kappa shape index (κ2) is 10.1. The van der Waals surface area contributed by atoms with Crippen LogP contribution in [0.25, 0.3) is 0 Å². The molecule has 0 unspecified atom stereocenters. The first-order chi connectivity index (χ1) is 16.5. The molecule has 170 valence electrons. The summed E-state index contributed by atoms with van der Waals surface area (Å²) in [5.74, 6) is 5.33. The topological polar surface area (TPSA) is 83.7 Å². The van der Waals surface area contributed by atoms with Gasteiger partial charge in [-0.05, 0) is 60.9 Å². The van der Waals surface area contributed by atoms with Gasteiger partial charge in [0.2, 0.25) is 5.91 Å². The van der Waals surface area contributed by atoms with E-state index in [0.29, 0.717) is 16.8 Å². The third kappa shape index (κ3) is 4.84. The van der Waals surface area contributed by atoms with E-state index in [2.05, 4.69) is 17.9 Å². The lowest BCUT2D eigenvalue weighted by Gasteiger charge is -2.28. The Morgan fingerprint density at radius 2 is 1.53 bits per heavy atom. The number of hydrogen-bond acceptors (Lipinski definition) is 4. The van der Waals surface area contributed by atoms with Gasteiger partial charge in [0.1, 0.15) is 0 Å². The van der Waals surface area contributed by atoms with Crippen LogP contribution < -0.4 is 10.6 Å². The summed E-state index contributed by atoms with van der Waals surface area (Å²) >= 11 is 0. The van der Waals surface area contributed by atoms with Crippen molar-refractivity contribution in [1.82, 2.24) is 4.90 Å². The first-order valence-corrected chi connectivity index (χ1v) is 11.1. The van der Waals surface area contributed by atoms with E-state index in [9.17, 15) is 14.4 Å². The Morgan fingerprint density at radius 1 is 0.912 bits per heavy atom. The molecule has 2 aliphatic heterocycles. The molecule has 0 aliphatic carbocycles. The minimum absolute atomic E-state index is 0.0801. The highest BCUT2D eigenvalue weighted by Crippen LogP contribution is 2.26. The number of imide groups is 1. The van der Waals surface area contributed by atoms with E-state index >= 15 is 0 Å². The summed E-state index contributed by atoms with van der Waals surface area (Å²) in [6, 6.07) is 22.0. The number of benzene rings is 3. The van der Waals surface area contributed by atoms with Crippen LogP contribution in [0.5, 0.6) is 0 Å². The largest absolute Gasteiger partial charge is 0.399 e. The first-order valence-electron chi connectivity index (χ1n) is 11.1. The zero-order chi connectivity index (χ0) is 24.1. The summed E-state index contributed by atoms with van der Waals surface area (Å²) < 4.78 is 0. The van der Waals surface area contributed by atoms with Gasteiger partial charge in [0, 0.05) is 30.4 Å². The van der Waals surface area contributed by atoms with Gasteiger partial charge < -0.3 is 10.6 Å². The van der Waals surface area contributed by atoms with Crippen LogP contribution in [-0.4, -0.2) is 35.7 Å². The van der Waals surface area contributed by atoms with Crippen molar-refractivity contribution < 1.29 is 14.4 Å². The fraction of sp³-hybridized carbons (Fsp3) is 0.179. The van der Waals surface area contributed by atoms with E-state index in [1.807, 2.05) is 23.1 Å². The maximum Gasteiger partial charge on any atom is 0.262 e. The molecule has 2 N–H and O–H groups in total. The van der Waals surface area contributed by atoms with Crippen LogP contribution in [0.15, 0.2) is 72.8 Å². The van der Waals surface area contributed by atoms with E-state index in [0.717, 1.165) is 35.5 Å². The van der Waals surface area contributed by atoms with Gasteiger partial charge in [-0.2, -0.15) is 0 Å². The fourth-order valence-electron chi connectivity index (χ4n) is 4.03. The molecule has 2 aliphatic rings. The van der Waals surface area contributed by atoms with Crippen molar-refractivity contribution >= 4 is 29.1 Å². The number of anilines is 2. The first kappa shape index (κ1) is 22.8. The maximum atomic E-state index is 12.1. The van der Waals surface area contributed by atoms with E-state index in [-0.39, 0.29) is 24.3 Å². The molecule has 2 heterocycles. The van der Waals surface area contributed by atoms with E-state index < -0.39 is 0 Å². The predicted octanol–water partition coefficient (Wildman–Crippen LogP) is 3.90. The van der Waals surface area contributed by atoms with Crippen molar-refractivity contribution in [2.45, 2.75) is 19.8 Å². The van der Waals surface area contributed by atoms with Crippen molar-refractivity contribution in [2.24, 2.45) is 0 Å². The quantitative estimate of drug-likeness (QED) is 0.346. The maximum absolute atomic E-state index is 12.1. The third-order valence-corrected chi connectivity index (χ3v) is 5.75. The Morgan fingerprint density at radius 3 is 2.18 bits per heavy atom. The molecule has 0 spiro atoms. The van der Waals surface area contributed by atoms with Crippen LogP contribution in [0.2, 0.25) is 0 Å². The second-order valence-corrected chi connectivity index (χ2v) is 8.07. The normalized spacial score (nSPS) is 13.8. The molecule has 3 amide bonds. The summed E-state index contributed by atoms with van der Waals surface area (Å²) in [6.07, 6.45) is 2.18. The Kier molecular flexibility index (Phi) is 6.74. The van der Waals surface area contributed by atoms with Gasteiger partial charge in [0.15, 0.2) is 0 Å². The van der Waals surface area contributed by atoms with Crippen molar-refractivity contribution in [3.63, 3.8) is 0 Å². The van der Waals surface area contributed by atoms with E-state index in [4.69, 9.17) is 5.73 Å². The lowest BCUT2D eigenvalue weighted by atomic mass is 10.0. The fourth-order valence-corrected chi connectivity index (χ4v) is 4.03. The molecule has 0 radical (unpaired) electrons. The van der Waals surface area contributed by atoms with Crippen molar-refractivity contribution in [2.75, 3.05) is 23.7 Å². The molecule has 0 saturated carbocycles. The number of nitrogen functional groups attached to an aromatic ring is 1. The third-order valence-electron chi connectivity index (χ3n) is 5.75. The molecule has 0 aromatic heterocycles. The van der Waals surface area contributed by atoms with Gasteiger partial charge in [-0.1, -0.05) is 42.2 Å². The summed E-state index contributed by atoms with van der Waals surface area (Å²) in [4.78, 5) is 38.5. The van der Waals surface area contributed by atoms with Gasteiger partial charge in [0.05, 0.1) is 17.7 Å². The number of carbonyl (C=O) groups excluding carboxylic acids is 3. The van der Waals surface area contributed by atoms with Gasteiger partial charge >= 0.3 is 0 Å². The summed E-state index contributed by atoms with van der Waals surface area (Å²) in [7, 11) is 0. The standard InChI is InChI=1S/C17H12N2O2.C11H13NO/c18-13-9-7-12(8-10-13)4-3-11-19-16(20)14-5-1-2-6-15(14)17(19)21;1-9(13)12-8-4-6-10-5-2-3-7-11(10)12/h1-2,5-10H,11,18H2;2-3,5,7H,4,6,8H2,1H3. The number of nitrogens with zero attached hydrogens (tertiary/aromatic N) is 2. The number of rotatable bonds is 1. The minimum atomic E-state index is -0.290. The second-order valence-electron chi connectivity index (χ2n) is 8.07. The Bertz CT molecular complexity index is 1270. The minimum Gasteiger partial charge on any atom is -0.399 e. The van der Waals surface area contributed by atoms with Gasteiger partial charge in [0.25, 0.3) is 11.8 Å². The number of amides is 3. The van der Waals surface area contributed by atoms with Crippen LogP contribution in [-0.2, 0) is 11.2 Å². The highest BCUT2D eigenvalue weighted by molar-refractivity contribution is 6.21. The average Bonchev–Trinajstić information content (AvgIpc) is 3.10. The van der Waals surface area contributed by atoms with Crippen molar-refractivity contribution in [3.8, 4) is 11.8 Å². The number of carbonyl (C=O) groups is 3. The lowest BCUT2D eigenvalue weighted by Crippen LogP contribution is -2.33. The highest BCUT2D eigenvalue weighted by atomic mass is 16.2. The molecule has 0 saturated heterocycles. The lowest BCUT2D eigenvalue weighted by molar-refractivity contribution is -0.116. The molecule has 0 fully saturated rings. The Balaban J connectivity index is 0.000000180. The Labute approximate surface area is 199 Å². The van der Waals surface area contributed by atoms with Gasteiger partial charge in [-0.25, -0.2) is 0 Å². The SMILES string of the molecule is CC(=O)N1CCCc2ccccc21.Nc1ccc(C#CCN2C(=O)c3ccccc3C2=O)cc1. The van der Waals surface area contributed by atoms with E-state index in [1.54, 1.807) is 55.5 Å². The molecule has 0 atom stereocenters. The molecular weight excluding hydrogens is 426 g/mol. The summed E-state index contributed by atoms with van der Waals surface area (Å²) in [6.45, 7) is 2.57. The zero-order valence-electron chi connectivity index (χ0n) is 19.0. The van der Waals surface area contributed by atoms with Crippen molar-refractivity contribution in [3.05, 3.63) is 95.1 Å². The van der Waals surface area contributed by atoms with Gasteiger partial charge in [-0.3, -0.25) is 19.3 Å². The molecule has 34 heavy (non-hydrogen) atoms. The van der Waals surface area contributed by atoms with Crippen LogP contribution >= 0.6 is 0 Å². The molecule has 6 heteroatoms.